The lowest BCUT2D eigenvalue weighted by Crippen LogP contribution is -2.13. The van der Waals surface area contributed by atoms with Crippen molar-refractivity contribution in [3.05, 3.63) is 34.4 Å². The van der Waals surface area contributed by atoms with Crippen LogP contribution in [0.3, 0.4) is 0 Å². The molecule has 0 spiro atoms. The highest BCUT2D eigenvalue weighted by Crippen LogP contribution is 2.31. The van der Waals surface area contributed by atoms with E-state index in [2.05, 4.69) is 52.8 Å². The summed E-state index contributed by atoms with van der Waals surface area (Å²) < 4.78 is 0. The van der Waals surface area contributed by atoms with E-state index in [0.717, 1.165) is 16.7 Å². The Labute approximate surface area is 110 Å². The first-order chi connectivity index (χ1) is 8.31. The van der Waals surface area contributed by atoms with Gasteiger partial charge >= 0.3 is 0 Å². The van der Waals surface area contributed by atoms with Gasteiger partial charge in [0.2, 0.25) is 0 Å². The van der Waals surface area contributed by atoms with Gasteiger partial charge in [-0.25, -0.2) is 0 Å². The van der Waals surface area contributed by atoms with Crippen LogP contribution in [-0.4, -0.2) is 0 Å². The molecule has 0 heterocycles. The fourth-order valence-electron chi connectivity index (χ4n) is 2.15. The minimum Gasteiger partial charge on any atom is -0.198 e. The van der Waals surface area contributed by atoms with Gasteiger partial charge in [-0.1, -0.05) is 40.7 Å². The molecule has 0 bridgehead atoms. The Balaban J connectivity index is 3.56. The summed E-state index contributed by atoms with van der Waals surface area (Å²) in [6, 6.07) is 8.53. The van der Waals surface area contributed by atoms with Crippen molar-refractivity contribution in [1.82, 2.24) is 0 Å². The first kappa shape index (κ1) is 14.3. The van der Waals surface area contributed by atoms with Crippen molar-refractivity contribution in [3.8, 4) is 12.1 Å². The summed E-state index contributed by atoms with van der Waals surface area (Å²) in [4.78, 5) is 0. The first-order valence-corrected chi connectivity index (χ1v) is 6.25. The third kappa shape index (κ3) is 2.90. The summed E-state index contributed by atoms with van der Waals surface area (Å²) in [6.45, 7) is 10.5. The average Bonchev–Trinajstić information content (AvgIpc) is 2.26. The Morgan fingerprint density at radius 1 is 1.17 bits per heavy atom. The lowest BCUT2D eigenvalue weighted by Gasteiger charge is -2.23. The molecule has 0 fully saturated rings. The molecule has 0 saturated carbocycles. The van der Waals surface area contributed by atoms with Gasteiger partial charge in [-0.3, -0.25) is 0 Å². The van der Waals surface area contributed by atoms with Crippen molar-refractivity contribution in [3.63, 3.8) is 0 Å². The molecule has 0 aliphatic rings. The quantitative estimate of drug-likeness (QED) is 0.783. The monoisotopic (exact) mass is 240 g/mol. The number of nitriles is 2. The Bertz CT molecular complexity index is 520. The summed E-state index contributed by atoms with van der Waals surface area (Å²) in [6.07, 6.45) is 0.367. The number of hydrogen-bond donors (Lipinski definition) is 0. The molecule has 2 heteroatoms. The molecule has 18 heavy (non-hydrogen) atoms. The molecule has 0 aromatic heterocycles. The van der Waals surface area contributed by atoms with Crippen LogP contribution in [-0.2, 0) is 11.8 Å². The summed E-state index contributed by atoms with van der Waals surface area (Å²) in [5.41, 5.74) is 3.84. The molecule has 2 nitrogen and oxygen atoms in total. The van der Waals surface area contributed by atoms with E-state index in [1.165, 1.54) is 0 Å². The third-order valence-electron chi connectivity index (χ3n) is 3.10. The average molecular weight is 240 g/mol. The molecule has 0 amide bonds. The van der Waals surface area contributed by atoms with Gasteiger partial charge in [-0.15, -0.1) is 0 Å². The van der Waals surface area contributed by atoms with Crippen LogP contribution in [0.5, 0.6) is 0 Å². The van der Waals surface area contributed by atoms with Crippen molar-refractivity contribution in [2.24, 2.45) is 0 Å². The van der Waals surface area contributed by atoms with E-state index in [9.17, 15) is 5.26 Å². The highest BCUT2D eigenvalue weighted by molar-refractivity contribution is 5.49. The van der Waals surface area contributed by atoms with Crippen molar-refractivity contribution < 1.29 is 0 Å². The van der Waals surface area contributed by atoms with E-state index < -0.39 is 0 Å². The first-order valence-electron chi connectivity index (χ1n) is 6.25. The van der Waals surface area contributed by atoms with Crippen LogP contribution >= 0.6 is 0 Å². The van der Waals surface area contributed by atoms with E-state index in [1.54, 1.807) is 0 Å². The van der Waals surface area contributed by atoms with Crippen LogP contribution in [0.2, 0.25) is 0 Å². The second-order valence-corrected chi connectivity index (χ2v) is 5.95. The molecule has 0 aliphatic heterocycles. The second-order valence-electron chi connectivity index (χ2n) is 5.95. The summed E-state index contributed by atoms with van der Waals surface area (Å²) in [5, 5.41) is 18.3. The molecule has 0 atom stereocenters. The predicted octanol–water partition coefficient (Wildman–Crippen LogP) is 4.05. The van der Waals surface area contributed by atoms with Crippen LogP contribution in [0.15, 0.2) is 12.1 Å². The summed E-state index contributed by atoms with van der Waals surface area (Å²) >= 11 is 0. The number of rotatable bonds is 2. The molecule has 1 rings (SSSR count). The van der Waals surface area contributed by atoms with Gasteiger partial charge in [0.25, 0.3) is 0 Å². The highest BCUT2D eigenvalue weighted by Gasteiger charge is 2.20. The van der Waals surface area contributed by atoms with Crippen LogP contribution in [0.1, 0.15) is 62.8 Å². The van der Waals surface area contributed by atoms with Crippen LogP contribution < -0.4 is 0 Å². The van der Waals surface area contributed by atoms with Gasteiger partial charge in [-0.2, -0.15) is 10.5 Å². The van der Waals surface area contributed by atoms with E-state index in [4.69, 9.17) is 5.26 Å². The molecule has 1 aromatic carbocycles. The Hall–Kier alpha value is -1.80. The summed E-state index contributed by atoms with van der Waals surface area (Å²) in [7, 11) is 0. The zero-order chi connectivity index (χ0) is 13.9. The Morgan fingerprint density at radius 3 is 2.17 bits per heavy atom. The fourth-order valence-corrected chi connectivity index (χ4v) is 2.15. The van der Waals surface area contributed by atoms with Gasteiger partial charge in [0, 0.05) is 0 Å². The normalized spacial score (nSPS) is 11.1. The zero-order valence-corrected chi connectivity index (χ0v) is 11.8. The minimum absolute atomic E-state index is 0.00862. The lowest BCUT2D eigenvalue weighted by atomic mass is 9.81. The van der Waals surface area contributed by atoms with E-state index in [1.807, 2.05) is 6.07 Å². The topological polar surface area (TPSA) is 47.6 Å². The van der Waals surface area contributed by atoms with Gasteiger partial charge < -0.3 is 0 Å². The predicted molar refractivity (Wildman–Crippen MR) is 73.3 cm³/mol. The molecular weight excluding hydrogens is 220 g/mol. The molecule has 0 saturated heterocycles. The Kier molecular flexibility index (Phi) is 4.15. The maximum atomic E-state index is 9.32. The van der Waals surface area contributed by atoms with Crippen molar-refractivity contribution >= 4 is 0 Å². The number of hydrogen-bond acceptors (Lipinski definition) is 2. The molecule has 1 aromatic rings. The van der Waals surface area contributed by atoms with E-state index in [0.29, 0.717) is 12.0 Å². The molecule has 0 radical (unpaired) electrons. The highest BCUT2D eigenvalue weighted by atomic mass is 14.3. The fraction of sp³-hybridized carbons (Fsp3) is 0.500. The van der Waals surface area contributed by atoms with Gasteiger partial charge in [-0.05, 0) is 34.1 Å². The molecular formula is C16H20N2. The molecule has 0 unspecified atom stereocenters. The van der Waals surface area contributed by atoms with Crippen molar-refractivity contribution in [2.75, 3.05) is 0 Å². The van der Waals surface area contributed by atoms with Crippen molar-refractivity contribution in [2.45, 2.75) is 52.4 Å². The maximum absolute atomic E-state index is 9.32. The molecule has 0 aliphatic carbocycles. The van der Waals surface area contributed by atoms with Crippen molar-refractivity contribution in [1.29, 1.82) is 10.5 Å². The lowest BCUT2D eigenvalue weighted by molar-refractivity contribution is 0.588. The number of nitrogens with zero attached hydrogens (tertiary/aromatic N) is 2. The van der Waals surface area contributed by atoms with Crippen LogP contribution in [0.25, 0.3) is 0 Å². The number of benzene rings is 1. The van der Waals surface area contributed by atoms with Crippen LogP contribution in [0.4, 0.5) is 0 Å². The Morgan fingerprint density at radius 2 is 1.78 bits per heavy atom. The molecule has 0 N–H and O–H groups in total. The zero-order valence-electron chi connectivity index (χ0n) is 11.8. The summed E-state index contributed by atoms with van der Waals surface area (Å²) in [5.74, 6) is 0.261. The standard InChI is InChI=1S/C16H20N2/c1-11(2)15-12(6-7-17)8-14(16(3,4)5)9-13(15)10-18/h8-9,11H,6H2,1-5H3. The van der Waals surface area contributed by atoms with E-state index >= 15 is 0 Å². The minimum atomic E-state index is -0.00862. The largest absolute Gasteiger partial charge is 0.198 e. The third-order valence-corrected chi connectivity index (χ3v) is 3.10. The smallest absolute Gasteiger partial charge is 0.0994 e. The molecule has 94 valence electrons. The van der Waals surface area contributed by atoms with Gasteiger partial charge in [0.1, 0.15) is 0 Å². The van der Waals surface area contributed by atoms with E-state index in [-0.39, 0.29) is 11.3 Å². The van der Waals surface area contributed by atoms with Gasteiger partial charge in [0.05, 0.1) is 24.1 Å². The SMILES string of the molecule is CC(C)c1c(C#N)cc(C(C)(C)C)cc1CC#N. The maximum Gasteiger partial charge on any atom is 0.0994 e. The second kappa shape index (κ2) is 5.23. The van der Waals surface area contributed by atoms with Crippen LogP contribution in [0, 0.1) is 22.7 Å². The van der Waals surface area contributed by atoms with Gasteiger partial charge in [0.15, 0.2) is 0 Å².